The van der Waals surface area contributed by atoms with E-state index < -0.39 is 0 Å². The molecule has 0 aromatic heterocycles. The smallest absolute Gasteiger partial charge is 0.123 e. The predicted octanol–water partition coefficient (Wildman–Crippen LogP) is 6.00. The van der Waals surface area contributed by atoms with Gasteiger partial charge in [-0.25, -0.2) is 4.39 Å². The fourth-order valence-electron chi connectivity index (χ4n) is 2.46. The summed E-state index contributed by atoms with van der Waals surface area (Å²) in [5, 5.41) is 0. The molecular formula is C16H15Br2F. The minimum Gasteiger partial charge on any atom is -0.207 e. The monoisotopic (exact) mass is 384 g/mol. The van der Waals surface area contributed by atoms with Crippen molar-refractivity contribution in [2.24, 2.45) is 0 Å². The summed E-state index contributed by atoms with van der Waals surface area (Å²) in [6.45, 7) is 6.28. The van der Waals surface area contributed by atoms with Gasteiger partial charge in [-0.2, -0.15) is 0 Å². The molecule has 0 aliphatic rings. The van der Waals surface area contributed by atoms with Crippen molar-refractivity contribution in [1.29, 1.82) is 0 Å². The summed E-state index contributed by atoms with van der Waals surface area (Å²) in [6.07, 6.45) is 0. The van der Waals surface area contributed by atoms with Crippen LogP contribution in [-0.2, 0) is 0 Å². The summed E-state index contributed by atoms with van der Waals surface area (Å²) < 4.78 is 14.4. The van der Waals surface area contributed by atoms with Crippen LogP contribution in [0.15, 0.2) is 34.8 Å². The van der Waals surface area contributed by atoms with Gasteiger partial charge in [0.25, 0.3) is 0 Å². The van der Waals surface area contributed by atoms with E-state index in [1.54, 1.807) is 12.1 Å². The average Bonchev–Trinajstić information content (AvgIpc) is 2.30. The van der Waals surface area contributed by atoms with Crippen molar-refractivity contribution in [3.05, 3.63) is 68.4 Å². The molecule has 1 atom stereocenters. The highest BCUT2D eigenvalue weighted by Crippen LogP contribution is 2.39. The Morgan fingerprint density at radius 2 is 1.58 bits per heavy atom. The molecule has 0 nitrogen and oxygen atoms in total. The number of aryl methyl sites for hydroxylation is 3. The second-order valence-corrected chi connectivity index (χ2v) is 6.61. The molecule has 0 spiro atoms. The summed E-state index contributed by atoms with van der Waals surface area (Å²) in [5.74, 6) is -0.218. The lowest BCUT2D eigenvalue weighted by Crippen LogP contribution is -2.01. The molecule has 0 N–H and O–H groups in total. The van der Waals surface area contributed by atoms with Crippen molar-refractivity contribution in [2.75, 3.05) is 0 Å². The van der Waals surface area contributed by atoms with Gasteiger partial charge in [0.05, 0.1) is 4.83 Å². The lowest BCUT2D eigenvalue weighted by Gasteiger charge is -2.18. The summed E-state index contributed by atoms with van der Waals surface area (Å²) >= 11 is 7.20. The van der Waals surface area contributed by atoms with Crippen LogP contribution in [0.3, 0.4) is 0 Å². The van der Waals surface area contributed by atoms with Crippen LogP contribution in [0.2, 0.25) is 0 Å². The standard InChI is InChI=1S/C16H15Br2F/c1-9-6-10(2)15(11(3)7-9)16(18)13-8-12(19)4-5-14(13)17/h4-8,16H,1-3H3. The zero-order chi connectivity index (χ0) is 14.2. The van der Waals surface area contributed by atoms with Crippen LogP contribution < -0.4 is 0 Å². The molecule has 0 heterocycles. The third kappa shape index (κ3) is 3.09. The molecule has 100 valence electrons. The third-order valence-corrected chi connectivity index (χ3v) is 4.90. The Balaban J connectivity index is 2.56. The first-order chi connectivity index (χ1) is 8.90. The van der Waals surface area contributed by atoms with Crippen molar-refractivity contribution in [3.8, 4) is 0 Å². The number of halogens is 3. The van der Waals surface area contributed by atoms with E-state index in [2.05, 4.69) is 64.8 Å². The molecule has 0 aliphatic heterocycles. The van der Waals surface area contributed by atoms with E-state index in [9.17, 15) is 4.39 Å². The first-order valence-electron chi connectivity index (χ1n) is 6.07. The Labute approximate surface area is 130 Å². The predicted molar refractivity (Wildman–Crippen MR) is 85.5 cm³/mol. The number of hydrogen-bond acceptors (Lipinski definition) is 0. The van der Waals surface area contributed by atoms with Crippen LogP contribution in [0.4, 0.5) is 4.39 Å². The highest BCUT2D eigenvalue weighted by molar-refractivity contribution is 9.11. The molecule has 2 aromatic rings. The molecule has 0 bridgehead atoms. The van der Waals surface area contributed by atoms with Crippen molar-refractivity contribution >= 4 is 31.9 Å². The van der Waals surface area contributed by atoms with Gasteiger partial charge in [-0.15, -0.1) is 0 Å². The number of alkyl halides is 1. The lowest BCUT2D eigenvalue weighted by molar-refractivity contribution is 0.625. The molecule has 2 rings (SSSR count). The van der Waals surface area contributed by atoms with Crippen molar-refractivity contribution in [1.82, 2.24) is 0 Å². The summed E-state index contributed by atoms with van der Waals surface area (Å²) in [7, 11) is 0. The SMILES string of the molecule is Cc1cc(C)c(C(Br)c2cc(F)ccc2Br)c(C)c1. The van der Waals surface area contributed by atoms with Gasteiger partial charge in [0.15, 0.2) is 0 Å². The highest BCUT2D eigenvalue weighted by atomic mass is 79.9. The van der Waals surface area contributed by atoms with Gasteiger partial charge in [0.1, 0.15) is 5.82 Å². The van der Waals surface area contributed by atoms with Crippen LogP contribution in [-0.4, -0.2) is 0 Å². The Bertz CT molecular complexity index is 597. The van der Waals surface area contributed by atoms with Crippen LogP contribution in [0.1, 0.15) is 32.6 Å². The maximum absolute atomic E-state index is 13.4. The summed E-state index contributed by atoms with van der Waals surface area (Å²) in [4.78, 5) is -0.0156. The maximum atomic E-state index is 13.4. The first kappa shape index (κ1) is 14.7. The van der Waals surface area contributed by atoms with Crippen molar-refractivity contribution in [3.63, 3.8) is 0 Å². The number of rotatable bonds is 2. The van der Waals surface area contributed by atoms with Gasteiger partial charge in [-0.3, -0.25) is 0 Å². The molecule has 2 aromatic carbocycles. The molecule has 19 heavy (non-hydrogen) atoms. The molecule has 0 amide bonds. The highest BCUT2D eigenvalue weighted by Gasteiger charge is 2.18. The van der Waals surface area contributed by atoms with E-state index in [4.69, 9.17) is 0 Å². The van der Waals surface area contributed by atoms with Crippen LogP contribution >= 0.6 is 31.9 Å². The minimum absolute atomic E-state index is 0.0156. The Hall–Kier alpha value is -0.670. The fourth-order valence-corrected chi connectivity index (χ4v) is 4.34. The van der Waals surface area contributed by atoms with E-state index in [1.165, 1.54) is 28.3 Å². The number of benzene rings is 2. The second-order valence-electron chi connectivity index (χ2n) is 4.84. The first-order valence-corrected chi connectivity index (χ1v) is 7.77. The van der Waals surface area contributed by atoms with Gasteiger partial charge in [0, 0.05) is 4.47 Å². The third-order valence-electron chi connectivity index (χ3n) is 3.22. The van der Waals surface area contributed by atoms with E-state index in [0.717, 1.165) is 10.0 Å². The lowest BCUT2D eigenvalue weighted by atomic mass is 9.94. The summed E-state index contributed by atoms with van der Waals surface area (Å²) in [5.41, 5.74) is 5.80. The quantitative estimate of drug-likeness (QED) is 0.556. The van der Waals surface area contributed by atoms with Crippen LogP contribution in [0.25, 0.3) is 0 Å². The van der Waals surface area contributed by atoms with Crippen LogP contribution in [0.5, 0.6) is 0 Å². The topological polar surface area (TPSA) is 0 Å². The Kier molecular flexibility index (Phi) is 4.46. The molecule has 0 saturated carbocycles. The van der Waals surface area contributed by atoms with E-state index >= 15 is 0 Å². The van der Waals surface area contributed by atoms with Gasteiger partial charge < -0.3 is 0 Å². The molecule has 0 fully saturated rings. The zero-order valence-electron chi connectivity index (χ0n) is 11.1. The minimum atomic E-state index is -0.218. The largest absolute Gasteiger partial charge is 0.207 e. The van der Waals surface area contributed by atoms with Gasteiger partial charge >= 0.3 is 0 Å². The molecule has 0 saturated heterocycles. The number of hydrogen-bond donors (Lipinski definition) is 0. The Morgan fingerprint density at radius 3 is 2.16 bits per heavy atom. The molecule has 0 aliphatic carbocycles. The van der Waals surface area contributed by atoms with E-state index in [-0.39, 0.29) is 10.6 Å². The van der Waals surface area contributed by atoms with Crippen LogP contribution in [0, 0.1) is 26.6 Å². The zero-order valence-corrected chi connectivity index (χ0v) is 14.3. The molecular weight excluding hydrogens is 371 g/mol. The van der Waals surface area contributed by atoms with Crippen molar-refractivity contribution in [2.45, 2.75) is 25.6 Å². The van der Waals surface area contributed by atoms with Gasteiger partial charge in [-0.05, 0) is 61.2 Å². The normalized spacial score (nSPS) is 12.5. The van der Waals surface area contributed by atoms with Gasteiger partial charge in [0.2, 0.25) is 0 Å². The van der Waals surface area contributed by atoms with Gasteiger partial charge in [-0.1, -0.05) is 49.6 Å². The second kappa shape index (κ2) is 5.76. The van der Waals surface area contributed by atoms with E-state index in [0.29, 0.717) is 0 Å². The molecule has 3 heteroatoms. The van der Waals surface area contributed by atoms with E-state index in [1.807, 2.05) is 0 Å². The summed E-state index contributed by atoms with van der Waals surface area (Å²) in [6, 6.07) is 9.09. The van der Waals surface area contributed by atoms with Crippen molar-refractivity contribution < 1.29 is 4.39 Å². The maximum Gasteiger partial charge on any atom is 0.123 e. The average molecular weight is 386 g/mol. The molecule has 0 radical (unpaired) electrons. The fraction of sp³-hybridized carbons (Fsp3) is 0.250. The Morgan fingerprint density at radius 1 is 1.00 bits per heavy atom. The molecule has 1 unspecified atom stereocenters.